The lowest BCUT2D eigenvalue weighted by atomic mass is 10.4. The van der Waals surface area contributed by atoms with Gasteiger partial charge in [-0.3, -0.25) is 0 Å². The van der Waals surface area contributed by atoms with Crippen LogP contribution >= 0.6 is 22.7 Å². The Hall–Kier alpha value is -0.820. The third-order valence-electron chi connectivity index (χ3n) is 1.48. The normalized spacial score (nSPS) is 11.0. The summed E-state index contributed by atoms with van der Waals surface area (Å²) < 4.78 is 0. The largest absolute Gasteiger partial charge is 0.311 e. The summed E-state index contributed by atoms with van der Waals surface area (Å²) in [5.41, 5.74) is 11.7. The van der Waals surface area contributed by atoms with Gasteiger partial charge >= 0.3 is 0 Å². The fraction of sp³-hybridized carbons (Fsp3) is 0.143. The van der Waals surface area contributed by atoms with E-state index in [4.69, 9.17) is 11.5 Å². The molecule has 0 aliphatic carbocycles. The van der Waals surface area contributed by atoms with Crippen LogP contribution in [0, 0.1) is 0 Å². The van der Waals surface area contributed by atoms with Crippen LogP contribution in [-0.4, -0.2) is 9.97 Å². The van der Waals surface area contributed by atoms with E-state index < -0.39 is 6.17 Å². The van der Waals surface area contributed by atoms with E-state index in [0.717, 1.165) is 15.7 Å². The molecule has 2 aromatic rings. The van der Waals surface area contributed by atoms with Gasteiger partial charge in [0.2, 0.25) is 0 Å². The van der Waals surface area contributed by atoms with Gasteiger partial charge in [-0.05, 0) is 0 Å². The molecular formula is C7H8N4S2. The highest BCUT2D eigenvalue weighted by molar-refractivity contribution is 7.19. The average molecular weight is 212 g/mol. The van der Waals surface area contributed by atoms with Gasteiger partial charge in [-0.15, -0.1) is 22.7 Å². The number of aromatic nitrogens is 2. The molecule has 2 aromatic heterocycles. The number of hydrogen-bond acceptors (Lipinski definition) is 6. The van der Waals surface area contributed by atoms with Crippen molar-refractivity contribution >= 4 is 22.7 Å². The van der Waals surface area contributed by atoms with E-state index in [0.29, 0.717) is 0 Å². The van der Waals surface area contributed by atoms with Crippen LogP contribution in [0.15, 0.2) is 17.0 Å². The highest BCUT2D eigenvalue weighted by Gasteiger charge is 2.08. The molecule has 2 rings (SSSR count). The van der Waals surface area contributed by atoms with Crippen LogP contribution in [-0.2, 0) is 0 Å². The van der Waals surface area contributed by atoms with Crippen LogP contribution in [0.3, 0.4) is 0 Å². The molecule has 4 N–H and O–H groups in total. The summed E-state index contributed by atoms with van der Waals surface area (Å²) in [5.74, 6) is 0. The van der Waals surface area contributed by atoms with Crippen molar-refractivity contribution in [2.75, 3.05) is 0 Å². The zero-order valence-electron chi connectivity index (χ0n) is 6.68. The summed E-state index contributed by atoms with van der Waals surface area (Å²) >= 11 is 3.07. The van der Waals surface area contributed by atoms with Gasteiger partial charge in [0.25, 0.3) is 0 Å². The molecule has 0 spiro atoms. The molecule has 0 unspecified atom stereocenters. The summed E-state index contributed by atoms with van der Waals surface area (Å²) in [4.78, 5) is 8.41. The van der Waals surface area contributed by atoms with Crippen molar-refractivity contribution in [3.05, 3.63) is 22.7 Å². The van der Waals surface area contributed by atoms with Crippen LogP contribution in [0.2, 0.25) is 0 Å². The highest BCUT2D eigenvalue weighted by atomic mass is 32.1. The van der Waals surface area contributed by atoms with E-state index in [1.807, 2.05) is 10.8 Å². The molecule has 0 saturated carbocycles. The second kappa shape index (κ2) is 3.51. The molecule has 6 heteroatoms. The molecule has 13 heavy (non-hydrogen) atoms. The van der Waals surface area contributed by atoms with Crippen molar-refractivity contribution in [3.63, 3.8) is 0 Å². The summed E-state index contributed by atoms with van der Waals surface area (Å²) in [7, 11) is 0. The predicted molar refractivity (Wildman–Crippen MR) is 54.3 cm³/mol. The molecule has 0 atom stereocenters. The summed E-state index contributed by atoms with van der Waals surface area (Å²) in [6.07, 6.45) is 1.26. The van der Waals surface area contributed by atoms with Crippen molar-refractivity contribution in [3.8, 4) is 10.0 Å². The van der Waals surface area contributed by atoms with E-state index in [1.165, 1.54) is 11.3 Å². The quantitative estimate of drug-likeness (QED) is 0.733. The van der Waals surface area contributed by atoms with E-state index in [9.17, 15) is 0 Å². The van der Waals surface area contributed by atoms with Crippen LogP contribution < -0.4 is 11.5 Å². The van der Waals surface area contributed by atoms with Crippen LogP contribution in [0.5, 0.6) is 0 Å². The minimum absolute atomic E-state index is 0.495. The Morgan fingerprint density at radius 3 is 2.62 bits per heavy atom. The van der Waals surface area contributed by atoms with Gasteiger partial charge in [0.15, 0.2) is 10.0 Å². The molecule has 0 saturated heterocycles. The summed E-state index contributed by atoms with van der Waals surface area (Å²) in [6, 6.07) is 0. The zero-order valence-corrected chi connectivity index (χ0v) is 8.31. The Morgan fingerprint density at radius 2 is 2.08 bits per heavy atom. The molecular weight excluding hydrogens is 204 g/mol. The average Bonchev–Trinajstić information content (AvgIpc) is 2.75. The fourth-order valence-corrected chi connectivity index (χ4v) is 2.43. The standard InChI is InChI=1S/C7H8N4S2/c8-5(9)4-3-13-7(11-4)6-10-1-2-12-6/h1-3,5H,8-9H2. The lowest BCUT2D eigenvalue weighted by Crippen LogP contribution is -2.20. The third-order valence-corrected chi connectivity index (χ3v) is 3.26. The molecule has 0 fully saturated rings. The van der Waals surface area contributed by atoms with Crippen molar-refractivity contribution < 1.29 is 0 Å². The number of nitrogens with two attached hydrogens (primary N) is 2. The lowest BCUT2D eigenvalue weighted by Gasteiger charge is -1.97. The first-order chi connectivity index (χ1) is 6.27. The van der Waals surface area contributed by atoms with Gasteiger partial charge in [0.1, 0.15) is 0 Å². The molecule has 0 aromatic carbocycles. The highest BCUT2D eigenvalue weighted by Crippen LogP contribution is 2.26. The Morgan fingerprint density at radius 1 is 1.23 bits per heavy atom. The maximum atomic E-state index is 5.49. The van der Waals surface area contributed by atoms with E-state index >= 15 is 0 Å². The molecule has 0 aliphatic rings. The number of rotatable bonds is 2. The molecule has 0 aliphatic heterocycles. The minimum Gasteiger partial charge on any atom is -0.311 e. The van der Waals surface area contributed by atoms with E-state index in [1.54, 1.807) is 17.5 Å². The fourth-order valence-electron chi connectivity index (χ4n) is 0.867. The van der Waals surface area contributed by atoms with Crippen molar-refractivity contribution in [1.29, 1.82) is 0 Å². The SMILES string of the molecule is NC(N)c1csc(-c2nccs2)n1. The van der Waals surface area contributed by atoms with Crippen molar-refractivity contribution in [2.24, 2.45) is 11.5 Å². The van der Waals surface area contributed by atoms with Gasteiger partial charge < -0.3 is 11.5 Å². The molecule has 0 radical (unpaired) electrons. The van der Waals surface area contributed by atoms with Gasteiger partial charge in [-0.1, -0.05) is 0 Å². The third kappa shape index (κ3) is 1.75. The first-order valence-electron chi connectivity index (χ1n) is 3.64. The Bertz CT molecular complexity index is 379. The zero-order chi connectivity index (χ0) is 9.26. The monoisotopic (exact) mass is 212 g/mol. The number of nitrogens with zero attached hydrogens (tertiary/aromatic N) is 2. The summed E-state index contributed by atoms with van der Waals surface area (Å²) in [5, 5.41) is 5.57. The Balaban J connectivity index is 2.33. The molecule has 4 nitrogen and oxygen atoms in total. The minimum atomic E-state index is -0.495. The number of hydrogen-bond donors (Lipinski definition) is 2. The van der Waals surface area contributed by atoms with E-state index in [-0.39, 0.29) is 0 Å². The van der Waals surface area contributed by atoms with Crippen LogP contribution in [0.25, 0.3) is 10.0 Å². The Kier molecular flexibility index (Phi) is 2.36. The first-order valence-corrected chi connectivity index (χ1v) is 5.40. The summed E-state index contributed by atoms with van der Waals surface area (Å²) in [6.45, 7) is 0. The smallest absolute Gasteiger partial charge is 0.152 e. The molecule has 0 amide bonds. The number of thiazole rings is 2. The molecule has 68 valence electrons. The maximum Gasteiger partial charge on any atom is 0.152 e. The predicted octanol–water partition coefficient (Wildman–Crippen LogP) is 1.18. The maximum absolute atomic E-state index is 5.49. The molecule has 0 bridgehead atoms. The van der Waals surface area contributed by atoms with Gasteiger partial charge in [0, 0.05) is 17.0 Å². The molecule has 2 heterocycles. The Labute approximate surface area is 83.3 Å². The lowest BCUT2D eigenvalue weighted by molar-refractivity contribution is 0.749. The van der Waals surface area contributed by atoms with E-state index in [2.05, 4.69) is 9.97 Å². The second-order valence-corrected chi connectivity index (χ2v) is 4.19. The topological polar surface area (TPSA) is 77.8 Å². The van der Waals surface area contributed by atoms with Crippen molar-refractivity contribution in [2.45, 2.75) is 6.17 Å². The van der Waals surface area contributed by atoms with Gasteiger partial charge in [-0.25, -0.2) is 9.97 Å². The van der Waals surface area contributed by atoms with Crippen molar-refractivity contribution in [1.82, 2.24) is 9.97 Å². The van der Waals surface area contributed by atoms with Crippen LogP contribution in [0.1, 0.15) is 11.9 Å². The van der Waals surface area contributed by atoms with Crippen LogP contribution in [0.4, 0.5) is 0 Å². The first kappa shape index (κ1) is 8.76. The van der Waals surface area contributed by atoms with Gasteiger partial charge in [0.05, 0.1) is 11.9 Å². The van der Waals surface area contributed by atoms with Gasteiger partial charge in [-0.2, -0.15) is 0 Å². The second-order valence-electron chi connectivity index (χ2n) is 2.44.